The molecule has 0 fully saturated rings. The second kappa shape index (κ2) is 6.38. The van der Waals surface area contributed by atoms with Crippen molar-refractivity contribution in [3.05, 3.63) is 65.2 Å². The van der Waals surface area contributed by atoms with Crippen LogP contribution in [0.1, 0.15) is 22.7 Å². The molecule has 0 saturated heterocycles. The SMILES string of the molecule is O=C(NCC1NCCc2ccccc21)C1Cc2ccccc2S1. The Morgan fingerprint density at radius 1 is 1.13 bits per heavy atom. The topological polar surface area (TPSA) is 41.1 Å². The Bertz CT molecular complexity index is 706. The molecular weight excluding hydrogens is 304 g/mol. The average Bonchev–Trinajstić information content (AvgIpc) is 3.04. The van der Waals surface area contributed by atoms with Crippen molar-refractivity contribution in [3.8, 4) is 0 Å². The number of hydrogen-bond donors (Lipinski definition) is 2. The molecule has 2 N–H and O–H groups in total. The second-order valence-corrected chi connectivity index (χ2v) is 7.36. The third-order valence-corrected chi connectivity index (χ3v) is 5.95. The van der Waals surface area contributed by atoms with E-state index in [-0.39, 0.29) is 17.2 Å². The summed E-state index contributed by atoms with van der Waals surface area (Å²) >= 11 is 1.68. The van der Waals surface area contributed by atoms with E-state index in [0.717, 1.165) is 19.4 Å². The number of rotatable bonds is 3. The Hall–Kier alpha value is -1.78. The van der Waals surface area contributed by atoms with E-state index in [2.05, 4.69) is 47.0 Å². The highest BCUT2D eigenvalue weighted by Crippen LogP contribution is 2.36. The molecular formula is C19H20N2OS. The molecule has 0 spiro atoms. The van der Waals surface area contributed by atoms with Crippen molar-refractivity contribution in [2.45, 2.75) is 29.0 Å². The van der Waals surface area contributed by atoms with Crippen molar-refractivity contribution in [3.63, 3.8) is 0 Å². The van der Waals surface area contributed by atoms with E-state index in [1.54, 1.807) is 11.8 Å². The van der Waals surface area contributed by atoms with Gasteiger partial charge in [-0.1, -0.05) is 42.5 Å². The van der Waals surface area contributed by atoms with Gasteiger partial charge in [-0.2, -0.15) is 0 Å². The summed E-state index contributed by atoms with van der Waals surface area (Å²) in [5.74, 6) is 0.149. The van der Waals surface area contributed by atoms with Gasteiger partial charge in [0.05, 0.1) is 5.25 Å². The van der Waals surface area contributed by atoms with E-state index in [1.807, 2.05) is 12.1 Å². The van der Waals surface area contributed by atoms with E-state index in [1.165, 1.54) is 21.6 Å². The summed E-state index contributed by atoms with van der Waals surface area (Å²) in [6, 6.07) is 17.0. The van der Waals surface area contributed by atoms with Crippen molar-refractivity contribution in [2.75, 3.05) is 13.1 Å². The van der Waals surface area contributed by atoms with Crippen LogP contribution in [-0.2, 0) is 17.6 Å². The van der Waals surface area contributed by atoms with Gasteiger partial charge in [-0.15, -0.1) is 11.8 Å². The molecule has 4 heteroatoms. The minimum Gasteiger partial charge on any atom is -0.353 e. The summed E-state index contributed by atoms with van der Waals surface area (Å²) in [5, 5.41) is 6.67. The number of thioether (sulfide) groups is 1. The van der Waals surface area contributed by atoms with Gasteiger partial charge in [-0.05, 0) is 42.1 Å². The second-order valence-electron chi connectivity index (χ2n) is 6.12. The summed E-state index contributed by atoms with van der Waals surface area (Å²) in [6.07, 6.45) is 1.90. The summed E-state index contributed by atoms with van der Waals surface area (Å²) in [4.78, 5) is 13.8. The molecule has 0 bridgehead atoms. The summed E-state index contributed by atoms with van der Waals surface area (Å²) in [6.45, 7) is 1.63. The molecule has 3 nitrogen and oxygen atoms in total. The van der Waals surface area contributed by atoms with Crippen LogP contribution in [0.25, 0.3) is 0 Å². The Kier molecular flexibility index (Phi) is 4.10. The summed E-state index contributed by atoms with van der Waals surface area (Å²) < 4.78 is 0. The fourth-order valence-corrected chi connectivity index (χ4v) is 4.64. The smallest absolute Gasteiger partial charge is 0.233 e. The van der Waals surface area contributed by atoms with Gasteiger partial charge in [0.2, 0.25) is 5.91 Å². The first-order valence-corrected chi connectivity index (χ1v) is 9.03. The predicted octanol–water partition coefficient (Wildman–Crippen LogP) is 2.71. The van der Waals surface area contributed by atoms with E-state index in [9.17, 15) is 4.79 Å². The molecule has 2 atom stereocenters. The van der Waals surface area contributed by atoms with Gasteiger partial charge in [-0.25, -0.2) is 0 Å². The van der Waals surface area contributed by atoms with Crippen LogP contribution >= 0.6 is 11.8 Å². The summed E-state index contributed by atoms with van der Waals surface area (Å²) in [7, 11) is 0. The van der Waals surface area contributed by atoms with Crippen LogP contribution in [0.3, 0.4) is 0 Å². The maximum Gasteiger partial charge on any atom is 0.233 e. The molecule has 2 aromatic carbocycles. The lowest BCUT2D eigenvalue weighted by Gasteiger charge is -2.27. The van der Waals surface area contributed by atoms with E-state index in [4.69, 9.17) is 0 Å². The molecule has 0 aliphatic carbocycles. The maximum absolute atomic E-state index is 12.5. The van der Waals surface area contributed by atoms with Crippen molar-refractivity contribution < 1.29 is 4.79 Å². The zero-order valence-electron chi connectivity index (χ0n) is 12.9. The molecule has 1 amide bonds. The number of fused-ring (bicyclic) bond motifs is 2. The highest BCUT2D eigenvalue weighted by atomic mass is 32.2. The monoisotopic (exact) mass is 324 g/mol. The lowest BCUT2D eigenvalue weighted by atomic mass is 9.94. The Morgan fingerprint density at radius 3 is 2.78 bits per heavy atom. The van der Waals surface area contributed by atoms with Crippen LogP contribution in [0.4, 0.5) is 0 Å². The lowest BCUT2D eigenvalue weighted by Crippen LogP contribution is -2.41. The number of nitrogens with one attached hydrogen (secondary N) is 2. The minimum absolute atomic E-state index is 0.00577. The zero-order chi connectivity index (χ0) is 15.6. The van der Waals surface area contributed by atoms with Crippen molar-refractivity contribution >= 4 is 17.7 Å². The first-order chi connectivity index (χ1) is 11.3. The highest BCUT2D eigenvalue weighted by Gasteiger charge is 2.28. The normalized spacial score (nSPS) is 22.3. The summed E-state index contributed by atoms with van der Waals surface area (Å²) in [5.41, 5.74) is 4.01. The molecule has 4 rings (SSSR count). The van der Waals surface area contributed by atoms with Gasteiger partial charge < -0.3 is 10.6 Å². The average molecular weight is 324 g/mol. The quantitative estimate of drug-likeness (QED) is 0.912. The largest absolute Gasteiger partial charge is 0.353 e. The van der Waals surface area contributed by atoms with Gasteiger partial charge in [0.25, 0.3) is 0 Å². The number of hydrogen-bond acceptors (Lipinski definition) is 3. The van der Waals surface area contributed by atoms with E-state index < -0.39 is 0 Å². The fourth-order valence-electron chi connectivity index (χ4n) is 3.42. The number of amides is 1. The number of carbonyl (C=O) groups excluding carboxylic acids is 1. The Balaban J connectivity index is 1.38. The molecule has 0 saturated carbocycles. The highest BCUT2D eigenvalue weighted by molar-refractivity contribution is 8.01. The van der Waals surface area contributed by atoms with Crippen molar-refractivity contribution in [2.24, 2.45) is 0 Å². The molecule has 2 aliphatic heterocycles. The lowest BCUT2D eigenvalue weighted by molar-refractivity contribution is -0.120. The number of carbonyl (C=O) groups is 1. The molecule has 0 aromatic heterocycles. The predicted molar refractivity (Wildman–Crippen MR) is 93.7 cm³/mol. The molecule has 2 heterocycles. The molecule has 118 valence electrons. The van der Waals surface area contributed by atoms with Crippen molar-refractivity contribution in [1.29, 1.82) is 0 Å². The van der Waals surface area contributed by atoms with Gasteiger partial charge in [0.1, 0.15) is 0 Å². The molecule has 2 aliphatic rings. The third kappa shape index (κ3) is 3.01. The molecule has 2 aromatic rings. The van der Waals surface area contributed by atoms with Crippen molar-refractivity contribution in [1.82, 2.24) is 10.6 Å². The Morgan fingerprint density at radius 2 is 1.91 bits per heavy atom. The standard InChI is InChI=1S/C19H20N2OS/c22-19(18-11-14-6-2-4-8-17(14)23-18)21-12-16-15-7-3-1-5-13(15)9-10-20-16/h1-8,16,18,20H,9-12H2,(H,21,22). The van der Waals surface area contributed by atoms with Gasteiger partial charge >= 0.3 is 0 Å². The fraction of sp³-hybridized carbons (Fsp3) is 0.316. The minimum atomic E-state index is 0.00577. The maximum atomic E-state index is 12.5. The van der Waals surface area contributed by atoms with Crippen LogP contribution in [0.2, 0.25) is 0 Å². The van der Waals surface area contributed by atoms with Crippen LogP contribution in [0, 0.1) is 0 Å². The first-order valence-electron chi connectivity index (χ1n) is 8.15. The molecule has 23 heavy (non-hydrogen) atoms. The third-order valence-electron chi connectivity index (χ3n) is 4.64. The van der Waals surface area contributed by atoms with Crippen LogP contribution < -0.4 is 10.6 Å². The van der Waals surface area contributed by atoms with Gasteiger partial charge in [-0.3, -0.25) is 4.79 Å². The van der Waals surface area contributed by atoms with Crippen LogP contribution in [-0.4, -0.2) is 24.2 Å². The first kappa shape index (κ1) is 14.8. The van der Waals surface area contributed by atoms with E-state index in [0.29, 0.717) is 6.54 Å². The van der Waals surface area contributed by atoms with Crippen LogP contribution in [0.15, 0.2) is 53.4 Å². The van der Waals surface area contributed by atoms with Gasteiger partial charge in [0.15, 0.2) is 0 Å². The Labute approximate surface area is 140 Å². The molecule has 0 radical (unpaired) electrons. The zero-order valence-corrected chi connectivity index (χ0v) is 13.7. The van der Waals surface area contributed by atoms with Gasteiger partial charge in [0, 0.05) is 17.5 Å². The number of benzene rings is 2. The van der Waals surface area contributed by atoms with E-state index >= 15 is 0 Å². The van der Waals surface area contributed by atoms with Crippen LogP contribution in [0.5, 0.6) is 0 Å². The molecule has 2 unspecified atom stereocenters.